The predicted molar refractivity (Wildman–Crippen MR) is 100 cm³/mol. The maximum Gasteiger partial charge on any atom is 0.313 e. The van der Waals surface area contributed by atoms with Crippen molar-refractivity contribution in [3.05, 3.63) is 46.7 Å². The number of carbonyl (C=O) groups excluding carboxylic acids is 1. The highest BCUT2D eigenvalue weighted by Gasteiger charge is 2.44. The first-order valence-electron chi connectivity index (χ1n) is 8.70. The van der Waals surface area contributed by atoms with Crippen LogP contribution >= 0.6 is 11.6 Å². The Morgan fingerprint density at radius 2 is 2.19 bits per heavy atom. The highest BCUT2D eigenvalue weighted by Crippen LogP contribution is 2.32. The van der Waals surface area contributed by atoms with Crippen LogP contribution in [-0.2, 0) is 9.53 Å². The second kappa shape index (κ2) is 7.70. The van der Waals surface area contributed by atoms with E-state index in [2.05, 4.69) is 5.10 Å². The third-order valence-electron chi connectivity index (χ3n) is 5.03. The predicted octanol–water partition coefficient (Wildman–Crippen LogP) is 2.79. The number of nitrogens with zero attached hydrogens (tertiary/aromatic N) is 3. The number of amides is 1. The first-order chi connectivity index (χ1) is 12.9. The van der Waals surface area contributed by atoms with Crippen molar-refractivity contribution in [1.29, 1.82) is 0 Å². The lowest BCUT2D eigenvalue weighted by Gasteiger charge is -2.39. The Bertz CT molecular complexity index is 862. The van der Waals surface area contributed by atoms with E-state index in [1.165, 1.54) is 13.3 Å². The number of halogens is 1. The van der Waals surface area contributed by atoms with Crippen LogP contribution in [0.25, 0.3) is 5.69 Å². The van der Waals surface area contributed by atoms with Crippen LogP contribution in [0.15, 0.2) is 30.5 Å². The van der Waals surface area contributed by atoms with E-state index in [0.29, 0.717) is 35.7 Å². The number of methoxy groups -OCH3 is 1. The summed E-state index contributed by atoms with van der Waals surface area (Å²) in [5.74, 6) is -1.16. The summed E-state index contributed by atoms with van der Waals surface area (Å²) in [7, 11) is 1.48. The minimum absolute atomic E-state index is 0.0763. The average molecular weight is 392 g/mol. The van der Waals surface area contributed by atoms with Crippen molar-refractivity contribution in [3.8, 4) is 5.69 Å². The Hall–Kier alpha value is -2.38. The second-order valence-electron chi connectivity index (χ2n) is 6.88. The minimum atomic E-state index is -1.07. The average Bonchev–Trinajstić information content (AvgIpc) is 3.03. The molecule has 0 spiro atoms. The van der Waals surface area contributed by atoms with Crippen LogP contribution in [-0.4, -0.2) is 58.5 Å². The normalized spacial score (nSPS) is 19.9. The number of likely N-dealkylation sites (tertiary alicyclic amines) is 1. The van der Waals surface area contributed by atoms with Gasteiger partial charge >= 0.3 is 5.97 Å². The number of hydrogen-bond donors (Lipinski definition) is 1. The Morgan fingerprint density at radius 3 is 2.85 bits per heavy atom. The van der Waals surface area contributed by atoms with E-state index >= 15 is 0 Å². The molecule has 2 aromatic rings. The van der Waals surface area contributed by atoms with Crippen LogP contribution in [0.5, 0.6) is 0 Å². The molecule has 0 bridgehead atoms. The van der Waals surface area contributed by atoms with E-state index < -0.39 is 11.4 Å². The summed E-state index contributed by atoms with van der Waals surface area (Å²) in [6.07, 6.45) is 2.62. The van der Waals surface area contributed by atoms with E-state index in [1.54, 1.807) is 21.7 Å². The Balaban J connectivity index is 1.87. The van der Waals surface area contributed by atoms with E-state index in [4.69, 9.17) is 16.3 Å². The van der Waals surface area contributed by atoms with Crippen molar-refractivity contribution in [2.75, 3.05) is 26.8 Å². The summed E-state index contributed by atoms with van der Waals surface area (Å²) < 4.78 is 6.78. The van der Waals surface area contributed by atoms with Gasteiger partial charge in [0.05, 0.1) is 29.7 Å². The molecular weight excluding hydrogens is 370 g/mol. The van der Waals surface area contributed by atoms with Crippen LogP contribution < -0.4 is 0 Å². The van der Waals surface area contributed by atoms with E-state index in [-0.39, 0.29) is 19.1 Å². The fraction of sp³-hybridized carbons (Fsp3) is 0.421. The molecule has 1 N–H and O–H groups in total. The molecule has 1 aliphatic rings. The molecule has 1 atom stereocenters. The molecule has 0 aliphatic carbocycles. The lowest BCUT2D eigenvalue weighted by Crippen LogP contribution is -2.52. The zero-order chi connectivity index (χ0) is 19.6. The van der Waals surface area contributed by atoms with Crippen molar-refractivity contribution in [1.82, 2.24) is 14.7 Å². The SMILES string of the molecule is COCC1(C(=O)O)CCCN(C(=O)c2cnn(-c3cccc(Cl)c3)c2C)C1. The van der Waals surface area contributed by atoms with Gasteiger partial charge in [0.2, 0.25) is 0 Å². The molecule has 0 radical (unpaired) electrons. The van der Waals surface area contributed by atoms with Gasteiger partial charge in [0.25, 0.3) is 5.91 Å². The molecule has 1 fully saturated rings. The molecule has 1 amide bonds. The van der Waals surface area contributed by atoms with Gasteiger partial charge in [0.15, 0.2) is 0 Å². The summed E-state index contributed by atoms with van der Waals surface area (Å²) in [6, 6.07) is 7.21. The topological polar surface area (TPSA) is 84.7 Å². The zero-order valence-electron chi connectivity index (χ0n) is 15.3. The molecule has 8 heteroatoms. The Morgan fingerprint density at radius 1 is 1.41 bits per heavy atom. The van der Waals surface area contributed by atoms with Crippen LogP contribution in [0.1, 0.15) is 28.9 Å². The first-order valence-corrected chi connectivity index (χ1v) is 9.08. The van der Waals surface area contributed by atoms with Gasteiger partial charge in [-0.25, -0.2) is 4.68 Å². The Kier molecular flexibility index (Phi) is 5.53. The molecule has 27 heavy (non-hydrogen) atoms. The highest BCUT2D eigenvalue weighted by molar-refractivity contribution is 6.30. The van der Waals surface area contributed by atoms with Crippen molar-refractivity contribution >= 4 is 23.5 Å². The van der Waals surface area contributed by atoms with Crippen LogP contribution in [0.4, 0.5) is 0 Å². The largest absolute Gasteiger partial charge is 0.481 e. The van der Waals surface area contributed by atoms with Crippen molar-refractivity contribution in [2.24, 2.45) is 5.41 Å². The number of ether oxygens (including phenoxy) is 1. The van der Waals surface area contributed by atoms with Gasteiger partial charge in [0, 0.05) is 25.2 Å². The molecule has 2 heterocycles. The number of aromatic nitrogens is 2. The van der Waals surface area contributed by atoms with Crippen LogP contribution in [0.2, 0.25) is 5.02 Å². The monoisotopic (exact) mass is 391 g/mol. The molecule has 1 aromatic heterocycles. The third-order valence-corrected chi connectivity index (χ3v) is 5.27. The second-order valence-corrected chi connectivity index (χ2v) is 7.32. The van der Waals surface area contributed by atoms with Gasteiger partial charge in [-0.15, -0.1) is 0 Å². The molecule has 3 rings (SSSR count). The van der Waals surface area contributed by atoms with Gasteiger partial charge in [-0.05, 0) is 38.0 Å². The maximum absolute atomic E-state index is 13.1. The Labute approximate surface area is 162 Å². The van der Waals surface area contributed by atoms with E-state index in [9.17, 15) is 14.7 Å². The molecule has 1 saturated heterocycles. The van der Waals surface area contributed by atoms with Gasteiger partial charge in [-0.1, -0.05) is 17.7 Å². The molecule has 144 valence electrons. The molecule has 1 unspecified atom stereocenters. The number of aliphatic carboxylic acids is 1. The number of benzene rings is 1. The van der Waals surface area contributed by atoms with Crippen molar-refractivity contribution in [3.63, 3.8) is 0 Å². The van der Waals surface area contributed by atoms with Crippen molar-refractivity contribution in [2.45, 2.75) is 19.8 Å². The summed E-state index contributed by atoms with van der Waals surface area (Å²) in [5, 5.41) is 14.6. The summed E-state index contributed by atoms with van der Waals surface area (Å²) in [4.78, 5) is 26.5. The van der Waals surface area contributed by atoms with Gasteiger partial charge in [-0.3, -0.25) is 9.59 Å². The molecular formula is C19H22ClN3O4. The fourth-order valence-electron chi connectivity index (χ4n) is 3.59. The van der Waals surface area contributed by atoms with Crippen molar-refractivity contribution < 1.29 is 19.4 Å². The smallest absolute Gasteiger partial charge is 0.313 e. The lowest BCUT2D eigenvalue weighted by atomic mass is 9.80. The lowest BCUT2D eigenvalue weighted by molar-refractivity contribution is -0.155. The maximum atomic E-state index is 13.1. The van der Waals surface area contributed by atoms with Gasteiger partial charge in [0.1, 0.15) is 5.41 Å². The molecule has 0 saturated carbocycles. The number of hydrogen-bond acceptors (Lipinski definition) is 4. The fourth-order valence-corrected chi connectivity index (χ4v) is 3.78. The quantitative estimate of drug-likeness (QED) is 0.847. The van der Waals surface area contributed by atoms with E-state index in [1.807, 2.05) is 19.1 Å². The number of carboxylic acid groups (broad SMARTS) is 1. The minimum Gasteiger partial charge on any atom is -0.481 e. The summed E-state index contributed by atoms with van der Waals surface area (Å²) in [6.45, 7) is 2.52. The number of carboxylic acids is 1. The number of carbonyl (C=O) groups is 2. The standard InChI is InChI=1S/C19H22ClN3O4/c1-13-16(10-21-23(13)15-6-3-5-14(20)9-15)17(24)22-8-4-7-19(11-22,12-27-2)18(25)26/h3,5-6,9-10H,4,7-8,11-12H2,1-2H3,(H,25,26). The molecule has 1 aliphatic heterocycles. The van der Waals surface area contributed by atoms with Crippen LogP contribution in [0.3, 0.4) is 0 Å². The number of piperidine rings is 1. The third kappa shape index (κ3) is 3.70. The number of rotatable bonds is 5. The van der Waals surface area contributed by atoms with Gasteiger partial charge < -0.3 is 14.7 Å². The highest BCUT2D eigenvalue weighted by atomic mass is 35.5. The summed E-state index contributed by atoms with van der Waals surface area (Å²) in [5.41, 5.74) is 0.825. The zero-order valence-corrected chi connectivity index (χ0v) is 16.1. The van der Waals surface area contributed by atoms with Gasteiger partial charge in [-0.2, -0.15) is 5.10 Å². The molecule has 1 aromatic carbocycles. The van der Waals surface area contributed by atoms with E-state index in [0.717, 1.165) is 5.69 Å². The first kappa shape index (κ1) is 19.4. The van der Waals surface area contributed by atoms with Crippen LogP contribution in [0, 0.1) is 12.3 Å². The summed E-state index contributed by atoms with van der Waals surface area (Å²) >= 11 is 6.05. The molecule has 7 nitrogen and oxygen atoms in total.